The van der Waals surface area contributed by atoms with Gasteiger partial charge >= 0.3 is 0 Å². The Morgan fingerprint density at radius 1 is 1.09 bits per heavy atom. The number of anilines is 2. The predicted octanol–water partition coefficient (Wildman–Crippen LogP) is 4.39. The lowest BCUT2D eigenvalue weighted by Crippen LogP contribution is -2.29. The van der Waals surface area contributed by atoms with Gasteiger partial charge in [0.1, 0.15) is 0 Å². The first-order valence-electron chi connectivity index (χ1n) is 7.69. The zero-order chi connectivity index (χ0) is 15.2. The molecule has 0 saturated carbocycles. The minimum Gasteiger partial charge on any atom is -0.372 e. The molecule has 0 aliphatic carbocycles. The summed E-state index contributed by atoms with van der Waals surface area (Å²) in [6, 6.07) is 12.1. The zero-order valence-corrected chi connectivity index (χ0v) is 13.3. The van der Waals surface area contributed by atoms with E-state index in [1.165, 1.54) is 24.9 Å². The average molecular weight is 312 g/mol. The number of thiophene rings is 1. The molecule has 1 aliphatic rings. The summed E-state index contributed by atoms with van der Waals surface area (Å²) in [5, 5.41) is 4.89. The van der Waals surface area contributed by atoms with E-state index in [4.69, 9.17) is 0 Å². The third-order valence-corrected chi connectivity index (χ3v) is 4.64. The van der Waals surface area contributed by atoms with Crippen LogP contribution in [0, 0.1) is 0 Å². The first-order chi connectivity index (χ1) is 10.8. The molecule has 2 aromatic rings. The Labute approximate surface area is 135 Å². The molecule has 0 unspecified atom stereocenters. The van der Waals surface area contributed by atoms with Crippen LogP contribution >= 0.6 is 11.3 Å². The van der Waals surface area contributed by atoms with Crippen LogP contribution in [0.4, 0.5) is 11.4 Å². The molecule has 1 N–H and O–H groups in total. The fourth-order valence-corrected chi connectivity index (χ4v) is 3.25. The molecule has 1 aromatic carbocycles. The first-order valence-corrected chi connectivity index (χ1v) is 8.57. The molecule has 1 aromatic heterocycles. The van der Waals surface area contributed by atoms with Crippen LogP contribution in [0.2, 0.25) is 0 Å². The number of carbonyl (C=O) groups is 1. The Morgan fingerprint density at radius 2 is 1.86 bits per heavy atom. The van der Waals surface area contributed by atoms with E-state index in [2.05, 4.69) is 22.3 Å². The van der Waals surface area contributed by atoms with E-state index in [9.17, 15) is 4.79 Å². The Balaban J connectivity index is 1.57. The molecule has 1 aliphatic heterocycles. The molecular formula is C18H20N2OS. The lowest BCUT2D eigenvalue weighted by Gasteiger charge is -2.28. The summed E-state index contributed by atoms with van der Waals surface area (Å²) in [7, 11) is 0. The summed E-state index contributed by atoms with van der Waals surface area (Å²) in [6.07, 6.45) is 7.28. The summed E-state index contributed by atoms with van der Waals surface area (Å²) >= 11 is 1.62. The van der Waals surface area contributed by atoms with Crippen molar-refractivity contribution in [2.75, 3.05) is 23.3 Å². The van der Waals surface area contributed by atoms with E-state index in [1.807, 2.05) is 35.7 Å². The largest absolute Gasteiger partial charge is 0.372 e. The van der Waals surface area contributed by atoms with Crippen molar-refractivity contribution in [3.63, 3.8) is 0 Å². The first kappa shape index (κ1) is 14.9. The Kier molecular flexibility index (Phi) is 4.91. The van der Waals surface area contributed by atoms with E-state index < -0.39 is 0 Å². The number of hydrogen-bond donors (Lipinski definition) is 1. The van der Waals surface area contributed by atoms with Gasteiger partial charge in [0.2, 0.25) is 5.91 Å². The van der Waals surface area contributed by atoms with Gasteiger partial charge in [-0.25, -0.2) is 0 Å². The number of hydrogen-bond acceptors (Lipinski definition) is 3. The molecule has 3 nitrogen and oxygen atoms in total. The number of rotatable bonds is 4. The molecule has 114 valence electrons. The predicted molar refractivity (Wildman–Crippen MR) is 94.5 cm³/mol. The maximum Gasteiger partial charge on any atom is 0.248 e. The Morgan fingerprint density at radius 3 is 2.55 bits per heavy atom. The third-order valence-electron chi connectivity index (χ3n) is 3.80. The van der Waals surface area contributed by atoms with Crippen molar-refractivity contribution in [3.05, 3.63) is 52.7 Å². The van der Waals surface area contributed by atoms with Gasteiger partial charge in [-0.15, -0.1) is 11.3 Å². The smallest absolute Gasteiger partial charge is 0.248 e. The van der Waals surface area contributed by atoms with Crippen molar-refractivity contribution in [1.82, 2.24) is 0 Å². The molecular weight excluding hydrogens is 292 g/mol. The maximum absolute atomic E-state index is 11.9. The van der Waals surface area contributed by atoms with Crippen molar-refractivity contribution in [2.24, 2.45) is 0 Å². The molecule has 22 heavy (non-hydrogen) atoms. The standard InChI is InChI=1S/C18H20N2OS/c21-18(11-10-17-5-4-14-22-17)19-15-6-8-16(9-7-15)20-12-2-1-3-13-20/h4-11,14H,1-3,12-13H2,(H,19,21)/b11-10+. The van der Waals surface area contributed by atoms with Crippen LogP contribution < -0.4 is 10.2 Å². The van der Waals surface area contributed by atoms with Crippen LogP contribution in [0.5, 0.6) is 0 Å². The summed E-state index contributed by atoms with van der Waals surface area (Å²) in [5.41, 5.74) is 2.08. The number of carbonyl (C=O) groups excluding carboxylic acids is 1. The minimum atomic E-state index is -0.0980. The van der Waals surface area contributed by atoms with Crippen LogP contribution in [0.1, 0.15) is 24.1 Å². The monoisotopic (exact) mass is 312 g/mol. The van der Waals surface area contributed by atoms with Gasteiger partial charge in [-0.3, -0.25) is 4.79 Å². The highest BCUT2D eigenvalue weighted by molar-refractivity contribution is 7.10. The van der Waals surface area contributed by atoms with Crippen molar-refractivity contribution in [3.8, 4) is 0 Å². The highest BCUT2D eigenvalue weighted by atomic mass is 32.1. The molecule has 2 heterocycles. The quantitative estimate of drug-likeness (QED) is 0.849. The number of amides is 1. The van der Waals surface area contributed by atoms with E-state index >= 15 is 0 Å². The number of benzene rings is 1. The minimum absolute atomic E-state index is 0.0980. The van der Waals surface area contributed by atoms with Crippen molar-refractivity contribution >= 4 is 34.7 Å². The van der Waals surface area contributed by atoms with Crippen LogP contribution in [0.25, 0.3) is 6.08 Å². The van der Waals surface area contributed by atoms with Gasteiger partial charge in [0.05, 0.1) is 0 Å². The number of nitrogens with zero attached hydrogens (tertiary/aromatic N) is 1. The van der Waals surface area contributed by atoms with E-state index in [1.54, 1.807) is 17.4 Å². The van der Waals surface area contributed by atoms with E-state index in [-0.39, 0.29) is 5.91 Å². The molecule has 1 fully saturated rings. The van der Waals surface area contributed by atoms with Crippen LogP contribution in [0.15, 0.2) is 47.9 Å². The third kappa shape index (κ3) is 3.98. The lowest BCUT2D eigenvalue weighted by molar-refractivity contribution is -0.111. The van der Waals surface area contributed by atoms with Gasteiger partial charge in [-0.1, -0.05) is 6.07 Å². The Hall–Kier alpha value is -2.07. The lowest BCUT2D eigenvalue weighted by atomic mass is 10.1. The average Bonchev–Trinajstić information content (AvgIpc) is 3.08. The van der Waals surface area contributed by atoms with Crippen molar-refractivity contribution < 1.29 is 4.79 Å². The number of piperidine rings is 1. The van der Waals surface area contributed by atoms with Crippen LogP contribution in [-0.2, 0) is 4.79 Å². The second kappa shape index (κ2) is 7.27. The normalized spacial score (nSPS) is 15.2. The molecule has 0 bridgehead atoms. The summed E-state index contributed by atoms with van der Waals surface area (Å²) in [5.74, 6) is -0.0980. The van der Waals surface area contributed by atoms with Crippen LogP contribution in [0.3, 0.4) is 0 Å². The highest BCUT2D eigenvalue weighted by Crippen LogP contribution is 2.21. The molecule has 1 saturated heterocycles. The van der Waals surface area contributed by atoms with E-state index in [0.29, 0.717) is 0 Å². The van der Waals surface area contributed by atoms with Gasteiger partial charge in [0.25, 0.3) is 0 Å². The van der Waals surface area contributed by atoms with Gasteiger partial charge in [-0.05, 0) is 61.1 Å². The Bertz CT molecular complexity index is 626. The molecule has 0 atom stereocenters. The van der Waals surface area contributed by atoms with Crippen LogP contribution in [-0.4, -0.2) is 19.0 Å². The highest BCUT2D eigenvalue weighted by Gasteiger charge is 2.10. The summed E-state index contributed by atoms with van der Waals surface area (Å²) < 4.78 is 0. The molecule has 3 rings (SSSR count). The van der Waals surface area contributed by atoms with Gasteiger partial charge in [0, 0.05) is 35.4 Å². The second-order valence-corrected chi connectivity index (χ2v) is 6.41. The number of nitrogens with one attached hydrogen (secondary N) is 1. The molecule has 0 spiro atoms. The molecule has 0 radical (unpaired) electrons. The molecule has 4 heteroatoms. The zero-order valence-electron chi connectivity index (χ0n) is 12.5. The van der Waals surface area contributed by atoms with Gasteiger partial charge < -0.3 is 10.2 Å². The second-order valence-electron chi connectivity index (χ2n) is 5.43. The molecule has 1 amide bonds. The fourth-order valence-electron chi connectivity index (χ4n) is 2.64. The van der Waals surface area contributed by atoms with E-state index in [0.717, 1.165) is 23.7 Å². The van der Waals surface area contributed by atoms with Gasteiger partial charge in [0.15, 0.2) is 0 Å². The van der Waals surface area contributed by atoms with Crippen molar-refractivity contribution in [1.29, 1.82) is 0 Å². The van der Waals surface area contributed by atoms with Crippen molar-refractivity contribution in [2.45, 2.75) is 19.3 Å². The summed E-state index contributed by atoms with van der Waals surface area (Å²) in [4.78, 5) is 15.4. The SMILES string of the molecule is O=C(/C=C/c1cccs1)Nc1ccc(N2CCCCC2)cc1. The summed E-state index contributed by atoms with van der Waals surface area (Å²) in [6.45, 7) is 2.27. The topological polar surface area (TPSA) is 32.3 Å². The maximum atomic E-state index is 11.9. The van der Waals surface area contributed by atoms with Gasteiger partial charge in [-0.2, -0.15) is 0 Å². The fraction of sp³-hybridized carbons (Fsp3) is 0.278.